The van der Waals surface area contributed by atoms with Crippen LogP contribution in [-0.2, 0) is 21.4 Å². The number of nitrogens with one attached hydrogen (secondary N) is 1. The number of carbonyl (C=O) groups excluding carboxylic acids is 1. The van der Waals surface area contributed by atoms with E-state index in [1.165, 1.54) is 16.4 Å². The monoisotopic (exact) mass is 409 g/mol. The van der Waals surface area contributed by atoms with Crippen LogP contribution < -0.4 is 5.32 Å². The van der Waals surface area contributed by atoms with Crippen LogP contribution in [-0.4, -0.2) is 30.2 Å². The van der Waals surface area contributed by atoms with Gasteiger partial charge in [0.1, 0.15) is 0 Å². The third-order valence-corrected chi connectivity index (χ3v) is 6.27. The van der Waals surface area contributed by atoms with Crippen molar-refractivity contribution in [2.75, 3.05) is 6.54 Å². The zero-order chi connectivity index (χ0) is 20.7. The SMILES string of the molecule is C[C@H](NC(=O)CN(Cc1ccccc1)S(=O)(=O)c1ccccc1)c1cccnc1. The maximum Gasteiger partial charge on any atom is 0.243 e. The normalized spacial score (nSPS) is 12.5. The topological polar surface area (TPSA) is 79.4 Å². The number of nitrogens with zero attached hydrogens (tertiary/aromatic N) is 2. The summed E-state index contributed by atoms with van der Waals surface area (Å²) in [5.74, 6) is -0.378. The highest BCUT2D eigenvalue weighted by molar-refractivity contribution is 7.89. The van der Waals surface area contributed by atoms with E-state index in [1.807, 2.05) is 43.3 Å². The molecule has 3 rings (SSSR count). The summed E-state index contributed by atoms with van der Waals surface area (Å²) in [6, 6.07) is 20.7. The lowest BCUT2D eigenvalue weighted by atomic mass is 10.1. The van der Waals surface area contributed by atoms with E-state index in [4.69, 9.17) is 0 Å². The van der Waals surface area contributed by atoms with E-state index in [-0.39, 0.29) is 29.9 Å². The molecule has 29 heavy (non-hydrogen) atoms. The fourth-order valence-corrected chi connectivity index (χ4v) is 4.32. The van der Waals surface area contributed by atoms with Crippen molar-refractivity contribution in [1.82, 2.24) is 14.6 Å². The molecule has 0 aliphatic rings. The number of aromatic nitrogens is 1. The van der Waals surface area contributed by atoms with Crippen LogP contribution in [0.4, 0.5) is 0 Å². The molecule has 7 heteroatoms. The van der Waals surface area contributed by atoms with Crippen molar-refractivity contribution in [3.8, 4) is 0 Å². The minimum Gasteiger partial charge on any atom is -0.348 e. The van der Waals surface area contributed by atoms with E-state index in [1.54, 1.807) is 36.7 Å². The quantitative estimate of drug-likeness (QED) is 0.620. The van der Waals surface area contributed by atoms with Gasteiger partial charge in [0.2, 0.25) is 15.9 Å². The number of rotatable bonds is 8. The molecule has 1 atom stereocenters. The van der Waals surface area contributed by atoms with Gasteiger partial charge in [0, 0.05) is 18.9 Å². The molecule has 1 aromatic heterocycles. The van der Waals surface area contributed by atoms with Crippen LogP contribution in [0.3, 0.4) is 0 Å². The summed E-state index contributed by atoms with van der Waals surface area (Å²) < 4.78 is 27.5. The highest BCUT2D eigenvalue weighted by Gasteiger charge is 2.27. The third kappa shape index (κ3) is 5.49. The molecule has 1 heterocycles. The highest BCUT2D eigenvalue weighted by atomic mass is 32.2. The number of pyridine rings is 1. The average molecular weight is 410 g/mol. The summed E-state index contributed by atoms with van der Waals surface area (Å²) in [4.78, 5) is 16.9. The Morgan fingerprint density at radius 2 is 1.66 bits per heavy atom. The Kier molecular flexibility index (Phi) is 6.74. The number of sulfonamides is 1. The van der Waals surface area contributed by atoms with Crippen molar-refractivity contribution in [2.24, 2.45) is 0 Å². The van der Waals surface area contributed by atoms with Gasteiger partial charge >= 0.3 is 0 Å². The van der Waals surface area contributed by atoms with Gasteiger partial charge in [0.05, 0.1) is 17.5 Å². The minimum absolute atomic E-state index is 0.104. The van der Waals surface area contributed by atoms with Gasteiger partial charge in [-0.1, -0.05) is 54.6 Å². The number of amides is 1. The van der Waals surface area contributed by atoms with Crippen LogP contribution in [0.2, 0.25) is 0 Å². The molecule has 150 valence electrons. The number of carbonyl (C=O) groups is 1. The number of benzene rings is 2. The first-order valence-electron chi connectivity index (χ1n) is 9.25. The van der Waals surface area contributed by atoms with Gasteiger partial charge in [0.25, 0.3) is 0 Å². The highest BCUT2D eigenvalue weighted by Crippen LogP contribution is 2.18. The first-order valence-corrected chi connectivity index (χ1v) is 10.7. The Labute approximate surface area is 171 Å². The summed E-state index contributed by atoms with van der Waals surface area (Å²) in [6.45, 7) is 1.66. The summed E-state index contributed by atoms with van der Waals surface area (Å²) in [5.41, 5.74) is 1.65. The molecule has 0 saturated heterocycles. The predicted octanol–water partition coefficient (Wildman–Crippen LogP) is 3.15. The maximum absolute atomic E-state index is 13.2. The van der Waals surface area contributed by atoms with E-state index in [0.717, 1.165) is 11.1 Å². The van der Waals surface area contributed by atoms with Gasteiger partial charge in [-0.25, -0.2) is 8.42 Å². The Morgan fingerprint density at radius 1 is 1.00 bits per heavy atom. The summed E-state index contributed by atoms with van der Waals surface area (Å²) in [7, 11) is -3.83. The molecule has 6 nitrogen and oxygen atoms in total. The summed E-state index contributed by atoms with van der Waals surface area (Å²) >= 11 is 0. The van der Waals surface area contributed by atoms with Crippen molar-refractivity contribution in [2.45, 2.75) is 24.4 Å². The Bertz CT molecular complexity index is 1030. The number of hydrogen-bond acceptors (Lipinski definition) is 4. The molecule has 1 amide bonds. The predicted molar refractivity (Wildman–Crippen MR) is 111 cm³/mol. The second kappa shape index (κ2) is 9.45. The Morgan fingerprint density at radius 3 is 2.28 bits per heavy atom. The molecule has 3 aromatic rings. The molecule has 2 aromatic carbocycles. The van der Waals surface area contributed by atoms with Crippen LogP contribution in [0.15, 0.2) is 90.1 Å². The van der Waals surface area contributed by atoms with Crippen molar-refractivity contribution in [3.63, 3.8) is 0 Å². The van der Waals surface area contributed by atoms with E-state index >= 15 is 0 Å². The standard InChI is InChI=1S/C22H23N3O3S/c1-18(20-11-8-14-23-15-20)24-22(26)17-25(16-19-9-4-2-5-10-19)29(27,28)21-12-6-3-7-13-21/h2-15,18H,16-17H2,1H3,(H,24,26)/t18-/m0/s1. The molecule has 0 spiro atoms. The second-order valence-corrected chi connectivity index (χ2v) is 8.59. The average Bonchev–Trinajstić information content (AvgIpc) is 2.75. The van der Waals surface area contributed by atoms with Gasteiger partial charge < -0.3 is 5.32 Å². The summed E-state index contributed by atoms with van der Waals surface area (Å²) in [6.07, 6.45) is 3.33. The van der Waals surface area contributed by atoms with E-state index in [2.05, 4.69) is 10.3 Å². The molecule has 0 aliphatic carbocycles. The zero-order valence-corrected chi connectivity index (χ0v) is 16.9. The van der Waals surface area contributed by atoms with Crippen molar-refractivity contribution < 1.29 is 13.2 Å². The third-order valence-electron chi connectivity index (χ3n) is 4.46. The summed E-state index contributed by atoms with van der Waals surface area (Å²) in [5, 5.41) is 2.85. The zero-order valence-electron chi connectivity index (χ0n) is 16.1. The van der Waals surface area contributed by atoms with Crippen LogP contribution in [0.1, 0.15) is 24.1 Å². The molecule has 0 unspecified atom stereocenters. The van der Waals surface area contributed by atoms with Crippen LogP contribution in [0, 0.1) is 0 Å². The van der Waals surface area contributed by atoms with E-state index in [9.17, 15) is 13.2 Å². The lowest BCUT2D eigenvalue weighted by Gasteiger charge is -2.23. The maximum atomic E-state index is 13.2. The van der Waals surface area contributed by atoms with Gasteiger partial charge in [-0.3, -0.25) is 9.78 Å². The van der Waals surface area contributed by atoms with E-state index in [0.29, 0.717) is 0 Å². The second-order valence-electron chi connectivity index (χ2n) is 6.65. The van der Waals surface area contributed by atoms with E-state index < -0.39 is 10.0 Å². The molecule has 1 N–H and O–H groups in total. The van der Waals surface area contributed by atoms with Crippen molar-refractivity contribution >= 4 is 15.9 Å². The lowest BCUT2D eigenvalue weighted by molar-refractivity contribution is -0.122. The van der Waals surface area contributed by atoms with Gasteiger partial charge in [-0.05, 0) is 36.2 Å². The first-order chi connectivity index (χ1) is 14.0. The lowest BCUT2D eigenvalue weighted by Crippen LogP contribution is -2.41. The van der Waals surface area contributed by atoms with Crippen LogP contribution >= 0.6 is 0 Å². The van der Waals surface area contributed by atoms with Crippen molar-refractivity contribution in [1.29, 1.82) is 0 Å². The Balaban J connectivity index is 1.80. The molecular formula is C22H23N3O3S. The largest absolute Gasteiger partial charge is 0.348 e. The fraction of sp³-hybridized carbons (Fsp3) is 0.182. The van der Waals surface area contributed by atoms with Crippen LogP contribution in [0.5, 0.6) is 0 Å². The fourth-order valence-electron chi connectivity index (χ4n) is 2.92. The van der Waals surface area contributed by atoms with Gasteiger partial charge in [0.15, 0.2) is 0 Å². The van der Waals surface area contributed by atoms with Crippen molar-refractivity contribution in [3.05, 3.63) is 96.3 Å². The van der Waals surface area contributed by atoms with Gasteiger partial charge in [-0.15, -0.1) is 0 Å². The number of hydrogen-bond donors (Lipinski definition) is 1. The molecule has 0 aliphatic heterocycles. The molecule has 0 radical (unpaired) electrons. The van der Waals surface area contributed by atoms with Crippen LogP contribution in [0.25, 0.3) is 0 Å². The molecule has 0 fully saturated rings. The minimum atomic E-state index is -3.83. The molecular weight excluding hydrogens is 386 g/mol. The smallest absolute Gasteiger partial charge is 0.243 e. The molecule has 0 saturated carbocycles. The Hall–Kier alpha value is -3.03. The van der Waals surface area contributed by atoms with Gasteiger partial charge in [-0.2, -0.15) is 4.31 Å². The first kappa shape index (κ1) is 20.7. The molecule has 0 bridgehead atoms.